The molecule has 8 nitrogen and oxygen atoms in total. The molecule has 2 amide bonds. The van der Waals surface area contributed by atoms with Crippen LogP contribution in [0.4, 0.5) is 0 Å². The fourth-order valence-electron chi connectivity index (χ4n) is 2.40. The van der Waals surface area contributed by atoms with Crippen molar-refractivity contribution in [2.45, 2.75) is 19.8 Å². The molecule has 0 saturated heterocycles. The summed E-state index contributed by atoms with van der Waals surface area (Å²) in [5.41, 5.74) is 6.01. The van der Waals surface area contributed by atoms with Crippen molar-refractivity contribution >= 4 is 17.8 Å². The van der Waals surface area contributed by atoms with Gasteiger partial charge in [0.15, 0.2) is 5.69 Å². The molecule has 0 aliphatic heterocycles. The maximum atomic E-state index is 12.3. The molecule has 1 aromatic carbocycles. The smallest absolute Gasteiger partial charge is 0.308 e. The van der Waals surface area contributed by atoms with Crippen LogP contribution in [0.1, 0.15) is 40.7 Å². The Morgan fingerprint density at radius 3 is 2.52 bits per heavy atom. The second-order valence-electron chi connectivity index (χ2n) is 5.56. The molecule has 1 heterocycles. The minimum atomic E-state index is -0.963. The van der Waals surface area contributed by atoms with Crippen molar-refractivity contribution in [3.05, 3.63) is 47.8 Å². The maximum Gasteiger partial charge on any atom is 0.308 e. The van der Waals surface area contributed by atoms with E-state index in [9.17, 15) is 14.4 Å². The standard InChI is InChI=1S/C17H20N4O4/c1-2-6-11(17(24)25)10-19-16(23)13-9-14(15(18)22)21(20-13)12-7-4-3-5-8-12/h3-5,7-9,11H,2,6,10H2,1H3,(H2,18,22)(H,19,23)(H,24,25). The molecule has 4 N–H and O–H groups in total. The molecule has 0 fully saturated rings. The van der Waals surface area contributed by atoms with Crippen LogP contribution in [0.3, 0.4) is 0 Å². The summed E-state index contributed by atoms with van der Waals surface area (Å²) < 4.78 is 1.29. The van der Waals surface area contributed by atoms with Gasteiger partial charge in [-0.25, -0.2) is 4.68 Å². The van der Waals surface area contributed by atoms with E-state index in [2.05, 4.69) is 10.4 Å². The van der Waals surface area contributed by atoms with Gasteiger partial charge >= 0.3 is 5.97 Å². The van der Waals surface area contributed by atoms with Crippen LogP contribution in [-0.4, -0.2) is 39.2 Å². The van der Waals surface area contributed by atoms with E-state index in [1.54, 1.807) is 24.3 Å². The van der Waals surface area contributed by atoms with Gasteiger partial charge in [0.05, 0.1) is 11.6 Å². The lowest BCUT2D eigenvalue weighted by Gasteiger charge is -2.11. The monoisotopic (exact) mass is 344 g/mol. The Kier molecular flexibility index (Phi) is 5.89. The van der Waals surface area contributed by atoms with Crippen LogP contribution in [-0.2, 0) is 4.79 Å². The number of amides is 2. The molecule has 132 valence electrons. The number of para-hydroxylation sites is 1. The van der Waals surface area contributed by atoms with Crippen LogP contribution < -0.4 is 11.1 Å². The van der Waals surface area contributed by atoms with Gasteiger partial charge in [-0.15, -0.1) is 0 Å². The van der Waals surface area contributed by atoms with Gasteiger partial charge < -0.3 is 16.2 Å². The second kappa shape index (κ2) is 8.09. The normalized spacial score (nSPS) is 11.7. The molecule has 0 bridgehead atoms. The fourth-order valence-corrected chi connectivity index (χ4v) is 2.40. The number of hydrogen-bond donors (Lipinski definition) is 3. The molecule has 0 radical (unpaired) electrons. The summed E-state index contributed by atoms with van der Waals surface area (Å²) in [5.74, 6) is -2.90. The van der Waals surface area contributed by atoms with Crippen LogP contribution in [0.2, 0.25) is 0 Å². The van der Waals surface area contributed by atoms with E-state index in [-0.39, 0.29) is 17.9 Å². The quantitative estimate of drug-likeness (QED) is 0.663. The molecule has 1 unspecified atom stereocenters. The molecule has 25 heavy (non-hydrogen) atoms. The summed E-state index contributed by atoms with van der Waals surface area (Å²) in [6.07, 6.45) is 1.15. The summed E-state index contributed by atoms with van der Waals surface area (Å²) in [5, 5.41) is 15.8. The Morgan fingerprint density at radius 1 is 1.28 bits per heavy atom. The number of nitrogens with two attached hydrogens (primary N) is 1. The molecule has 0 aliphatic carbocycles. The van der Waals surface area contributed by atoms with Crippen molar-refractivity contribution in [3.63, 3.8) is 0 Å². The number of rotatable bonds is 8. The number of benzene rings is 1. The van der Waals surface area contributed by atoms with Crippen LogP contribution >= 0.6 is 0 Å². The summed E-state index contributed by atoms with van der Waals surface area (Å²) in [4.78, 5) is 35.0. The number of primary amides is 1. The van der Waals surface area contributed by atoms with Gasteiger partial charge in [-0.1, -0.05) is 31.5 Å². The first kappa shape index (κ1) is 18.2. The summed E-state index contributed by atoms with van der Waals surface area (Å²) in [6, 6.07) is 10.1. The van der Waals surface area contributed by atoms with Gasteiger partial charge in [-0.05, 0) is 18.6 Å². The van der Waals surface area contributed by atoms with Gasteiger partial charge in [0.2, 0.25) is 0 Å². The molecule has 1 atom stereocenters. The van der Waals surface area contributed by atoms with E-state index < -0.39 is 23.7 Å². The first-order valence-electron chi connectivity index (χ1n) is 7.90. The van der Waals surface area contributed by atoms with Crippen molar-refractivity contribution in [1.82, 2.24) is 15.1 Å². The van der Waals surface area contributed by atoms with Crippen molar-refractivity contribution < 1.29 is 19.5 Å². The summed E-state index contributed by atoms with van der Waals surface area (Å²) in [6.45, 7) is 1.87. The van der Waals surface area contributed by atoms with Crippen molar-refractivity contribution in [2.75, 3.05) is 6.54 Å². The summed E-state index contributed by atoms with van der Waals surface area (Å²) >= 11 is 0. The number of carboxylic acids is 1. The highest BCUT2D eigenvalue weighted by molar-refractivity contribution is 5.97. The van der Waals surface area contributed by atoms with Crippen molar-refractivity contribution in [1.29, 1.82) is 0 Å². The number of aromatic nitrogens is 2. The zero-order chi connectivity index (χ0) is 18.4. The average Bonchev–Trinajstić information content (AvgIpc) is 3.04. The van der Waals surface area contributed by atoms with Crippen LogP contribution in [0.5, 0.6) is 0 Å². The van der Waals surface area contributed by atoms with Crippen molar-refractivity contribution in [2.24, 2.45) is 11.7 Å². The lowest BCUT2D eigenvalue weighted by molar-refractivity contribution is -0.141. The minimum absolute atomic E-state index is 0.00158. The van der Waals surface area contributed by atoms with Gasteiger partial charge in [0, 0.05) is 12.6 Å². The number of nitrogens with zero attached hydrogens (tertiary/aromatic N) is 2. The lowest BCUT2D eigenvalue weighted by Crippen LogP contribution is -2.33. The molecule has 0 saturated carbocycles. The molecule has 0 aliphatic rings. The van der Waals surface area contributed by atoms with E-state index >= 15 is 0 Å². The lowest BCUT2D eigenvalue weighted by atomic mass is 10.0. The van der Waals surface area contributed by atoms with Gasteiger partial charge in [-0.2, -0.15) is 5.10 Å². The van der Waals surface area contributed by atoms with E-state index in [1.165, 1.54) is 10.7 Å². The first-order valence-corrected chi connectivity index (χ1v) is 7.90. The third kappa shape index (κ3) is 4.43. The third-order valence-corrected chi connectivity index (χ3v) is 3.69. The molecule has 1 aromatic heterocycles. The largest absolute Gasteiger partial charge is 0.481 e. The Bertz CT molecular complexity index is 770. The predicted octanol–water partition coefficient (Wildman–Crippen LogP) is 1.20. The molecule has 0 spiro atoms. The highest BCUT2D eigenvalue weighted by Gasteiger charge is 2.21. The molecular formula is C17H20N4O4. The Balaban J connectivity index is 2.20. The van der Waals surface area contributed by atoms with E-state index in [0.29, 0.717) is 18.5 Å². The SMILES string of the molecule is CCCC(CNC(=O)c1cc(C(N)=O)n(-c2ccccc2)n1)C(=O)O. The van der Waals surface area contributed by atoms with Gasteiger partial charge in [0.25, 0.3) is 11.8 Å². The van der Waals surface area contributed by atoms with Gasteiger partial charge in [0.1, 0.15) is 5.69 Å². The minimum Gasteiger partial charge on any atom is -0.481 e. The number of carbonyl (C=O) groups excluding carboxylic acids is 2. The molecule has 8 heteroatoms. The van der Waals surface area contributed by atoms with Crippen LogP contribution in [0, 0.1) is 5.92 Å². The zero-order valence-electron chi connectivity index (χ0n) is 13.8. The third-order valence-electron chi connectivity index (χ3n) is 3.69. The molecular weight excluding hydrogens is 324 g/mol. The predicted molar refractivity (Wildman–Crippen MR) is 90.4 cm³/mol. The van der Waals surface area contributed by atoms with E-state index in [4.69, 9.17) is 10.8 Å². The number of aliphatic carboxylic acids is 1. The van der Waals surface area contributed by atoms with Crippen LogP contribution in [0.25, 0.3) is 5.69 Å². The summed E-state index contributed by atoms with van der Waals surface area (Å²) in [7, 11) is 0. The Labute approximate surface area is 144 Å². The first-order chi connectivity index (χ1) is 11.9. The van der Waals surface area contributed by atoms with Crippen LogP contribution in [0.15, 0.2) is 36.4 Å². The van der Waals surface area contributed by atoms with E-state index in [1.807, 2.05) is 13.0 Å². The van der Waals surface area contributed by atoms with E-state index in [0.717, 1.165) is 0 Å². The topological polar surface area (TPSA) is 127 Å². The van der Waals surface area contributed by atoms with Gasteiger partial charge in [-0.3, -0.25) is 14.4 Å². The maximum absolute atomic E-state index is 12.3. The Morgan fingerprint density at radius 2 is 1.96 bits per heavy atom. The van der Waals surface area contributed by atoms with Crippen molar-refractivity contribution in [3.8, 4) is 5.69 Å². The average molecular weight is 344 g/mol. The Hall–Kier alpha value is -3.16. The molecule has 2 rings (SSSR count). The molecule has 2 aromatic rings. The second-order valence-corrected chi connectivity index (χ2v) is 5.56. The number of nitrogens with one attached hydrogen (secondary N) is 1. The fraction of sp³-hybridized carbons (Fsp3) is 0.294. The highest BCUT2D eigenvalue weighted by atomic mass is 16.4. The number of carbonyl (C=O) groups is 3. The number of hydrogen-bond acceptors (Lipinski definition) is 4. The highest BCUT2D eigenvalue weighted by Crippen LogP contribution is 2.13. The number of carboxylic acid groups (broad SMARTS) is 1. The zero-order valence-corrected chi connectivity index (χ0v) is 13.8.